The van der Waals surface area contributed by atoms with Crippen LogP contribution in [0.1, 0.15) is 26.2 Å². The molecule has 0 atom stereocenters. The summed E-state index contributed by atoms with van der Waals surface area (Å²) in [6.07, 6.45) is 4.86. The minimum Gasteiger partial charge on any atom is -0.383 e. The summed E-state index contributed by atoms with van der Waals surface area (Å²) in [6, 6.07) is 0. The lowest BCUT2D eigenvalue weighted by Gasteiger charge is -2.09. The van der Waals surface area contributed by atoms with Gasteiger partial charge in [-0.25, -0.2) is 14.6 Å². The molecule has 0 unspecified atom stereocenters. The van der Waals surface area contributed by atoms with Crippen molar-refractivity contribution in [2.24, 2.45) is 5.92 Å². The standard InChI is InChI=1S/C17H26N6O2S/c1-3-10-26-17-21-14(18-7-9-25-2)13-11-20-23(15(13)22-17)8-6-19-16(24)12-4-5-12/h11-12H,3-10H2,1-2H3,(H,19,24)(H,18,21,22). The van der Waals surface area contributed by atoms with Gasteiger partial charge >= 0.3 is 0 Å². The molecule has 2 heterocycles. The summed E-state index contributed by atoms with van der Waals surface area (Å²) in [4.78, 5) is 21.1. The van der Waals surface area contributed by atoms with Gasteiger partial charge in [0.2, 0.25) is 5.91 Å². The number of hydrogen-bond acceptors (Lipinski definition) is 7. The Morgan fingerprint density at radius 2 is 2.23 bits per heavy atom. The molecule has 0 aromatic carbocycles. The van der Waals surface area contributed by atoms with Gasteiger partial charge in [0.15, 0.2) is 10.8 Å². The highest BCUT2D eigenvalue weighted by Crippen LogP contribution is 2.28. The van der Waals surface area contributed by atoms with Gasteiger partial charge in [-0.15, -0.1) is 0 Å². The van der Waals surface area contributed by atoms with E-state index in [4.69, 9.17) is 4.74 Å². The van der Waals surface area contributed by atoms with Crippen molar-refractivity contribution in [2.75, 3.05) is 37.9 Å². The Labute approximate surface area is 157 Å². The zero-order chi connectivity index (χ0) is 18.4. The molecule has 26 heavy (non-hydrogen) atoms. The van der Waals surface area contributed by atoms with Gasteiger partial charge in [-0.1, -0.05) is 18.7 Å². The molecule has 2 N–H and O–H groups in total. The third kappa shape index (κ3) is 4.85. The van der Waals surface area contributed by atoms with Crippen LogP contribution in [0.3, 0.4) is 0 Å². The number of nitrogens with zero attached hydrogens (tertiary/aromatic N) is 4. The van der Waals surface area contributed by atoms with E-state index in [0.29, 0.717) is 26.2 Å². The first kappa shape index (κ1) is 18.9. The highest BCUT2D eigenvalue weighted by molar-refractivity contribution is 7.99. The number of hydrogen-bond donors (Lipinski definition) is 2. The molecule has 0 saturated heterocycles. The number of ether oxygens (including phenoxy) is 1. The molecule has 1 fully saturated rings. The largest absolute Gasteiger partial charge is 0.383 e. The van der Waals surface area contributed by atoms with Gasteiger partial charge < -0.3 is 15.4 Å². The molecule has 1 aliphatic rings. The fraction of sp³-hybridized carbons (Fsp3) is 0.647. The lowest BCUT2D eigenvalue weighted by Crippen LogP contribution is -2.28. The van der Waals surface area contributed by atoms with Crippen LogP contribution < -0.4 is 10.6 Å². The number of carbonyl (C=O) groups excluding carboxylic acids is 1. The molecule has 9 heteroatoms. The van der Waals surface area contributed by atoms with E-state index in [-0.39, 0.29) is 11.8 Å². The van der Waals surface area contributed by atoms with E-state index in [1.165, 1.54) is 0 Å². The smallest absolute Gasteiger partial charge is 0.223 e. The first-order chi connectivity index (χ1) is 12.7. The summed E-state index contributed by atoms with van der Waals surface area (Å²) >= 11 is 1.64. The SMILES string of the molecule is CCCSc1nc(NCCOC)c2cnn(CCNC(=O)C3CC3)c2n1. The molecule has 0 radical (unpaired) electrons. The molecule has 2 aromatic rings. The lowest BCUT2D eigenvalue weighted by atomic mass is 10.4. The fourth-order valence-corrected chi connectivity index (χ4v) is 3.23. The van der Waals surface area contributed by atoms with Gasteiger partial charge in [-0.3, -0.25) is 4.79 Å². The number of carbonyl (C=O) groups is 1. The van der Waals surface area contributed by atoms with Crippen molar-refractivity contribution in [1.29, 1.82) is 0 Å². The molecular formula is C17H26N6O2S. The van der Waals surface area contributed by atoms with Crippen molar-refractivity contribution in [3.05, 3.63) is 6.20 Å². The minimum atomic E-state index is 0.150. The minimum absolute atomic E-state index is 0.150. The van der Waals surface area contributed by atoms with Gasteiger partial charge in [0, 0.05) is 31.9 Å². The van der Waals surface area contributed by atoms with Crippen molar-refractivity contribution in [2.45, 2.75) is 37.9 Å². The summed E-state index contributed by atoms with van der Waals surface area (Å²) in [6.45, 7) is 4.55. The molecule has 1 saturated carbocycles. The fourth-order valence-electron chi connectivity index (χ4n) is 2.54. The highest BCUT2D eigenvalue weighted by atomic mass is 32.2. The maximum absolute atomic E-state index is 11.8. The quantitative estimate of drug-likeness (QED) is 0.350. The van der Waals surface area contributed by atoms with Crippen molar-refractivity contribution < 1.29 is 9.53 Å². The second kappa shape index (κ2) is 9.18. The molecule has 1 amide bonds. The Morgan fingerprint density at radius 3 is 2.96 bits per heavy atom. The second-order valence-corrected chi connectivity index (χ2v) is 7.36. The molecule has 0 spiro atoms. The molecule has 0 aliphatic heterocycles. The highest BCUT2D eigenvalue weighted by Gasteiger charge is 2.29. The van der Waals surface area contributed by atoms with Crippen molar-refractivity contribution in [1.82, 2.24) is 25.1 Å². The van der Waals surface area contributed by atoms with E-state index in [1.807, 2.05) is 4.68 Å². The Hall–Kier alpha value is -1.87. The predicted molar refractivity (Wildman–Crippen MR) is 102 cm³/mol. The van der Waals surface area contributed by atoms with Gasteiger partial charge in [-0.05, 0) is 19.3 Å². The molecule has 142 valence electrons. The zero-order valence-corrected chi connectivity index (χ0v) is 16.1. The Balaban J connectivity index is 1.74. The number of rotatable bonds is 11. The van der Waals surface area contributed by atoms with Crippen LogP contribution in [0.4, 0.5) is 5.82 Å². The van der Waals surface area contributed by atoms with E-state index < -0.39 is 0 Å². The molecule has 8 nitrogen and oxygen atoms in total. The van der Waals surface area contributed by atoms with Crippen molar-refractivity contribution >= 4 is 34.5 Å². The van der Waals surface area contributed by atoms with Crippen LogP contribution in [0.15, 0.2) is 11.4 Å². The predicted octanol–water partition coefficient (Wildman–Crippen LogP) is 1.91. The third-order valence-corrected chi connectivity index (χ3v) is 5.13. The van der Waals surface area contributed by atoms with Crippen molar-refractivity contribution in [3.8, 4) is 0 Å². The van der Waals surface area contributed by atoms with E-state index in [1.54, 1.807) is 25.1 Å². The molecule has 0 bridgehead atoms. The van der Waals surface area contributed by atoms with Crippen LogP contribution in [0.2, 0.25) is 0 Å². The van der Waals surface area contributed by atoms with Crippen molar-refractivity contribution in [3.63, 3.8) is 0 Å². The van der Waals surface area contributed by atoms with Crippen LogP contribution in [-0.4, -0.2) is 58.2 Å². The average molecular weight is 379 g/mol. The monoisotopic (exact) mass is 378 g/mol. The molecule has 3 rings (SSSR count). The molecule has 2 aromatic heterocycles. The van der Waals surface area contributed by atoms with Crippen LogP contribution in [0, 0.1) is 5.92 Å². The van der Waals surface area contributed by atoms with Gasteiger partial charge in [0.1, 0.15) is 5.82 Å². The number of methoxy groups -OCH3 is 1. The first-order valence-electron chi connectivity index (χ1n) is 9.09. The third-order valence-electron chi connectivity index (χ3n) is 4.08. The molecule has 1 aliphatic carbocycles. The van der Waals surface area contributed by atoms with Crippen LogP contribution in [-0.2, 0) is 16.1 Å². The number of nitrogens with one attached hydrogen (secondary N) is 2. The Bertz CT molecular complexity index is 746. The first-order valence-corrected chi connectivity index (χ1v) is 10.1. The van der Waals surface area contributed by atoms with E-state index in [9.17, 15) is 4.79 Å². The summed E-state index contributed by atoms with van der Waals surface area (Å²) in [7, 11) is 1.67. The van der Waals surface area contributed by atoms with E-state index in [0.717, 1.165) is 47.0 Å². The Morgan fingerprint density at radius 1 is 1.38 bits per heavy atom. The van der Waals surface area contributed by atoms with Gasteiger partial charge in [-0.2, -0.15) is 5.10 Å². The second-order valence-electron chi connectivity index (χ2n) is 6.29. The number of aromatic nitrogens is 4. The summed E-state index contributed by atoms with van der Waals surface area (Å²) < 4.78 is 6.94. The maximum atomic E-state index is 11.8. The number of fused-ring (bicyclic) bond motifs is 1. The maximum Gasteiger partial charge on any atom is 0.223 e. The Kier molecular flexibility index (Phi) is 6.67. The van der Waals surface area contributed by atoms with Crippen LogP contribution in [0.25, 0.3) is 11.0 Å². The van der Waals surface area contributed by atoms with Crippen LogP contribution >= 0.6 is 11.8 Å². The molecular weight excluding hydrogens is 352 g/mol. The van der Waals surface area contributed by atoms with Gasteiger partial charge in [0.25, 0.3) is 0 Å². The van der Waals surface area contributed by atoms with E-state index >= 15 is 0 Å². The summed E-state index contributed by atoms with van der Waals surface area (Å²) in [5, 5.41) is 12.3. The number of thioether (sulfide) groups is 1. The average Bonchev–Trinajstić information content (AvgIpc) is 3.42. The van der Waals surface area contributed by atoms with Gasteiger partial charge in [0.05, 0.1) is 24.7 Å². The van der Waals surface area contributed by atoms with E-state index in [2.05, 4.69) is 32.6 Å². The number of amides is 1. The zero-order valence-electron chi connectivity index (χ0n) is 15.3. The normalized spacial score (nSPS) is 13.9. The lowest BCUT2D eigenvalue weighted by molar-refractivity contribution is -0.122. The number of anilines is 1. The van der Waals surface area contributed by atoms with Crippen LogP contribution in [0.5, 0.6) is 0 Å². The summed E-state index contributed by atoms with van der Waals surface area (Å²) in [5.74, 6) is 2.12. The summed E-state index contributed by atoms with van der Waals surface area (Å²) in [5.41, 5.74) is 0.791. The topological polar surface area (TPSA) is 94.0 Å².